The number of carbonyl (C=O) groups is 2. The van der Waals surface area contributed by atoms with Crippen molar-refractivity contribution in [3.8, 4) is 0 Å². The number of rotatable bonds is 17. The number of carboxylic acid groups (broad SMARTS) is 1. The monoisotopic (exact) mass is 376 g/mol. The summed E-state index contributed by atoms with van der Waals surface area (Å²) in [5, 5.41) is 9.16. The zero-order valence-electron chi connectivity index (χ0n) is 17.3. The maximum Gasteiger partial charge on any atom is 0.309 e. The van der Waals surface area contributed by atoms with Crippen LogP contribution in [-0.2, 0) is 9.59 Å². The number of hydrogen-bond acceptors (Lipinski definition) is 2. The number of ketones is 1. The van der Waals surface area contributed by atoms with Crippen molar-refractivity contribution in [2.24, 2.45) is 16.7 Å². The molecule has 0 aromatic carbocycles. The Hall–Kier alpha value is -0.860. The molecule has 3 aliphatic carbocycles. The number of carbonyl (C=O) groups excluding carboxylic acids is 1. The van der Waals surface area contributed by atoms with Crippen molar-refractivity contribution in [2.75, 3.05) is 0 Å². The van der Waals surface area contributed by atoms with Crippen molar-refractivity contribution in [3.63, 3.8) is 0 Å². The van der Waals surface area contributed by atoms with Crippen LogP contribution in [0.4, 0.5) is 0 Å². The molecule has 3 heteroatoms. The van der Waals surface area contributed by atoms with E-state index in [0.29, 0.717) is 5.78 Å². The summed E-state index contributed by atoms with van der Waals surface area (Å²) in [4.78, 5) is 23.5. The largest absolute Gasteiger partial charge is 0.481 e. The molecule has 0 aliphatic heterocycles. The number of aliphatic carboxylic acids is 1. The topological polar surface area (TPSA) is 54.4 Å². The molecule has 27 heavy (non-hydrogen) atoms. The summed E-state index contributed by atoms with van der Waals surface area (Å²) in [5.74, 6) is 0.783. The normalized spacial score (nSPS) is 21.8. The van der Waals surface area contributed by atoms with Gasteiger partial charge in [0.2, 0.25) is 0 Å². The lowest BCUT2D eigenvalue weighted by Gasteiger charge is -2.13. The van der Waals surface area contributed by atoms with Crippen LogP contribution in [0.1, 0.15) is 122 Å². The highest BCUT2D eigenvalue weighted by atomic mass is 16.4. The Kier molecular flexibility index (Phi) is 7.39. The molecule has 154 valence electrons. The molecule has 3 rings (SSSR count). The van der Waals surface area contributed by atoms with Gasteiger partial charge >= 0.3 is 5.97 Å². The minimum Gasteiger partial charge on any atom is -0.481 e. The molecule has 0 spiro atoms. The number of carboxylic acids is 1. The quantitative estimate of drug-likeness (QED) is 0.288. The zero-order chi connectivity index (χ0) is 19.2. The lowest BCUT2D eigenvalue weighted by atomic mass is 9.90. The first-order valence-corrected chi connectivity index (χ1v) is 11.8. The highest BCUT2D eigenvalue weighted by molar-refractivity contribution is 5.87. The Balaban J connectivity index is 1.08. The average molecular weight is 377 g/mol. The standard InChI is InChI=1S/C24H40O3/c25-21(19-20-11-12-20)23(15-16-23)13-9-7-5-3-1-2-4-6-8-10-14-24(17-18-24)22(26)27/h20H,1-19H2,(H,26,27). The van der Waals surface area contributed by atoms with Crippen molar-refractivity contribution in [2.45, 2.75) is 122 Å². The van der Waals surface area contributed by atoms with Crippen LogP contribution in [0.15, 0.2) is 0 Å². The van der Waals surface area contributed by atoms with Gasteiger partial charge in [0, 0.05) is 11.8 Å². The molecular weight excluding hydrogens is 336 g/mol. The van der Waals surface area contributed by atoms with Crippen molar-refractivity contribution >= 4 is 11.8 Å². The summed E-state index contributed by atoms with van der Waals surface area (Å²) in [6.45, 7) is 0. The molecule has 0 unspecified atom stereocenters. The summed E-state index contributed by atoms with van der Waals surface area (Å²) < 4.78 is 0. The third kappa shape index (κ3) is 6.61. The Bertz CT molecular complexity index is 498. The Morgan fingerprint density at radius 1 is 0.667 bits per heavy atom. The lowest BCUT2D eigenvalue weighted by molar-refractivity contribution is -0.143. The van der Waals surface area contributed by atoms with Gasteiger partial charge in [-0.3, -0.25) is 9.59 Å². The smallest absolute Gasteiger partial charge is 0.309 e. The molecule has 0 saturated heterocycles. The second-order valence-corrected chi connectivity index (χ2v) is 9.97. The second kappa shape index (κ2) is 9.56. The van der Waals surface area contributed by atoms with Crippen LogP contribution in [-0.4, -0.2) is 16.9 Å². The van der Waals surface area contributed by atoms with Gasteiger partial charge in [-0.05, 0) is 57.3 Å². The molecule has 3 saturated carbocycles. The van der Waals surface area contributed by atoms with E-state index in [1.165, 1.54) is 83.5 Å². The molecule has 0 bridgehead atoms. The molecule has 3 fully saturated rings. The van der Waals surface area contributed by atoms with Gasteiger partial charge in [0.1, 0.15) is 5.78 Å². The molecule has 1 N–H and O–H groups in total. The highest BCUT2D eigenvalue weighted by Crippen LogP contribution is 2.53. The van der Waals surface area contributed by atoms with Gasteiger partial charge in [-0.25, -0.2) is 0 Å². The minimum absolute atomic E-state index is 0.141. The van der Waals surface area contributed by atoms with E-state index >= 15 is 0 Å². The van der Waals surface area contributed by atoms with E-state index in [9.17, 15) is 9.59 Å². The molecule has 0 amide bonds. The number of hydrogen-bond donors (Lipinski definition) is 1. The SMILES string of the molecule is O=C(O)C1(CCCCCCCCCCCCC2(C(=O)CC3CC3)CC2)CC1. The predicted octanol–water partition coefficient (Wildman–Crippen LogP) is 6.68. The fraction of sp³-hybridized carbons (Fsp3) is 0.917. The van der Waals surface area contributed by atoms with Gasteiger partial charge in [-0.2, -0.15) is 0 Å². The van der Waals surface area contributed by atoms with Crippen molar-refractivity contribution < 1.29 is 14.7 Å². The summed E-state index contributed by atoms with van der Waals surface area (Å²) in [7, 11) is 0. The summed E-state index contributed by atoms with van der Waals surface area (Å²) in [6, 6.07) is 0. The number of Topliss-reactive ketones (excluding diaryl/α,β-unsaturated/α-hetero) is 1. The Labute approximate surface area is 165 Å². The van der Waals surface area contributed by atoms with Crippen molar-refractivity contribution in [1.29, 1.82) is 0 Å². The van der Waals surface area contributed by atoms with Crippen LogP contribution in [0.2, 0.25) is 0 Å². The summed E-state index contributed by atoms with van der Waals surface area (Å²) in [6.07, 6.45) is 22.4. The third-order valence-corrected chi connectivity index (χ3v) is 7.48. The molecule has 3 aliphatic rings. The highest BCUT2D eigenvalue weighted by Gasteiger charge is 2.49. The van der Waals surface area contributed by atoms with Crippen LogP contribution in [0.25, 0.3) is 0 Å². The average Bonchev–Trinajstić information content (AvgIpc) is 3.50. The zero-order valence-corrected chi connectivity index (χ0v) is 17.3. The summed E-state index contributed by atoms with van der Waals surface area (Å²) in [5.41, 5.74) is -0.177. The predicted molar refractivity (Wildman–Crippen MR) is 109 cm³/mol. The fourth-order valence-electron chi connectivity index (χ4n) is 4.68. The van der Waals surface area contributed by atoms with Crippen LogP contribution in [0.5, 0.6) is 0 Å². The maximum atomic E-state index is 12.4. The van der Waals surface area contributed by atoms with E-state index in [1.807, 2.05) is 0 Å². The first kappa shape index (κ1) is 20.9. The van der Waals surface area contributed by atoms with E-state index in [2.05, 4.69) is 0 Å². The number of unbranched alkanes of at least 4 members (excludes halogenated alkanes) is 9. The maximum absolute atomic E-state index is 12.4. The minimum atomic E-state index is -0.567. The van der Waals surface area contributed by atoms with Crippen LogP contribution >= 0.6 is 0 Å². The van der Waals surface area contributed by atoms with E-state index in [-0.39, 0.29) is 10.8 Å². The Morgan fingerprint density at radius 3 is 1.44 bits per heavy atom. The van der Waals surface area contributed by atoms with E-state index in [1.54, 1.807) is 0 Å². The molecule has 0 heterocycles. The first-order chi connectivity index (χ1) is 13.1. The van der Waals surface area contributed by atoms with Gasteiger partial charge in [-0.15, -0.1) is 0 Å². The van der Waals surface area contributed by atoms with Crippen molar-refractivity contribution in [3.05, 3.63) is 0 Å². The van der Waals surface area contributed by atoms with Crippen molar-refractivity contribution in [1.82, 2.24) is 0 Å². The Morgan fingerprint density at radius 2 is 1.07 bits per heavy atom. The van der Waals surface area contributed by atoms with E-state index < -0.39 is 5.97 Å². The molecule has 0 aromatic rings. The van der Waals surface area contributed by atoms with Gasteiger partial charge in [0.25, 0.3) is 0 Å². The van der Waals surface area contributed by atoms with Gasteiger partial charge in [-0.1, -0.05) is 64.2 Å². The van der Waals surface area contributed by atoms with Crippen LogP contribution in [0.3, 0.4) is 0 Å². The third-order valence-electron chi connectivity index (χ3n) is 7.48. The van der Waals surface area contributed by atoms with Gasteiger partial charge in [0.15, 0.2) is 0 Å². The molecule has 3 nitrogen and oxygen atoms in total. The lowest BCUT2D eigenvalue weighted by Crippen LogP contribution is -2.16. The van der Waals surface area contributed by atoms with Crippen LogP contribution < -0.4 is 0 Å². The first-order valence-electron chi connectivity index (χ1n) is 11.8. The second-order valence-electron chi connectivity index (χ2n) is 9.97. The van der Waals surface area contributed by atoms with E-state index in [4.69, 9.17) is 5.11 Å². The fourth-order valence-corrected chi connectivity index (χ4v) is 4.68. The van der Waals surface area contributed by atoms with Gasteiger partial charge in [0.05, 0.1) is 5.41 Å². The van der Waals surface area contributed by atoms with Crippen LogP contribution in [0, 0.1) is 16.7 Å². The molecular formula is C24H40O3. The van der Waals surface area contributed by atoms with Gasteiger partial charge < -0.3 is 5.11 Å². The molecule has 0 radical (unpaired) electrons. The van der Waals surface area contributed by atoms with E-state index in [0.717, 1.165) is 44.4 Å². The summed E-state index contributed by atoms with van der Waals surface area (Å²) >= 11 is 0. The molecule has 0 atom stereocenters. The molecule has 0 aromatic heterocycles.